The Kier molecular flexibility index (Phi) is 4.76. The van der Waals surface area contributed by atoms with E-state index in [1.165, 1.54) is 6.07 Å². The fraction of sp³-hybridized carbons (Fsp3) is 0.474. The van der Waals surface area contributed by atoms with E-state index in [1.807, 2.05) is 23.1 Å². The zero-order chi connectivity index (χ0) is 18.1. The number of hydrogen-bond donors (Lipinski definition) is 2. The molecule has 4 rings (SSSR count). The molecule has 2 aliphatic heterocycles. The first-order chi connectivity index (χ1) is 12.6. The van der Waals surface area contributed by atoms with Gasteiger partial charge in [0, 0.05) is 43.1 Å². The van der Waals surface area contributed by atoms with Crippen LogP contribution in [0.1, 0.15) is 16.8 Å². The minimum absolute atomic E-state index is 0.00505. The second-order valence-corrected chi connectivity index (χ2v) is 6.95. The summed E-state index contributed by atoms with van der Waals surface area (Å²) < 4.78 is 5.36. The fourth-order valence-corrected chi connectivity index (χ4v) is 3.90. The number of rotatable bonds is 2. The number of para-hydroxylation sites is 1. The molecule has 0 spiro atoms. The highest BCUT2D eigenvalue weighted by molar-refractivity contribution is 6.05. The highest BCUT2D eigenvalue weighted by Crippen LogP contribution is 2.19. The lowest BCUT2D eigenvalue weighted by atomic mass is 10.1. The van der Waals surface area contributed by atoms with Gasteiger partial charge in [0.2, 0.25) is 5.56 Å². The molecule has 7 nitrogen and oxygen atoms in total. The number of hydrogen-bond acceptors (Lipinski definition) is 5. The molecule has 2 aliphatic rings. The van der Waals surface area contributed by atoms with Crippen molar-refractivity contribution >= 4 is 16.8 Å². The summed E-state index contributed by atoms with van der Waals surface area (Å²) in [5.41, 5.74) is 0.850. The van der Waals surface area contributed by atoms with Crippen LogP contribution >= 0.6 is 0 Å². The van der Waals surface area contributed by atoms with E-state index in [1.54, 1.807) is 6.07 Å². The van der Waals surface area contributed by atoms with Gasteiger partial charge < -0.3 is 19.7 Å². The number of aliphatic hydroxyl groups is 1. The lowest BCUT2D eigenvalue weighted by molar-refractivity contribution is 0.0726. The Morgan fingerprint density at radius 2 is 2.00 bits per heavy atom. The van der Waals surface area contributed by atoms with Crippen molar-refractivity contribution in [3.05, 3.63) is 46.2 Å². The average Bonchev–Trinajstić information content (AvgIpc) is 2.92. The Labute approximate surface area is 151 Å². The molecule has 2 atom stereocenters. The summed E-state index contributed by atoms with van der Waals surface area (Å²) in [5.74, 6) is -0.114. The third-order valence-corrected chi connectivity index (χ3v) is 5.29. The van der Waals surface area contributed by atoms with Crippen molar-refractivity contribution in [3.63, 3.8) is 0 Å². The van der Waals surface area contributed by atoms with E-state index in [0.717, 1.165) is 18.4 Å². The number of pyridine rings is 1. The Morgan fingerprint density at radius 3 is 2.81 bits per heavy atom. The fourth-order valence-electron chi connectivity index (χ4n) is 3.90. The van der Waals surface area contributed by atoms with E-state index in [9.17, 15) is 14.7 Å². The number of carbonyl (C=O) groups is 1. The molecular weight excluding hydrogens is 334 g/mol. The minimum Gasteiger partial charge on any atom is -0.389 e. The summed E-state index contributed by atoms with van der Waals surface area (Å²) in [5, 5.41) is 10.8. The molecule has 2 aromatic rings. The number of carbonyl (C=O) groups excluding carboxylic acids is 1. The van der Waals surface area contributed by atoms with Crippen molar-refractivity contribution < 1.29 is 14.6 Å². The lowest BCUT2D eigenvalue weighted by Crippen LogP contribution is -2.45. The molecule has 1 amide bonds. The summed E-state index contributed by atoms with van der Waals surface area (Å²) in [6.07, 6.45) is 0.365. The van der Waals surface area contributed by atoms with Crippen LogP contribution in [0, 0.1) is 0 Å². The van der Waals surface area contributed by atoms with Gasteiger partial charge in [-0.25, -0.2) is 0 Å². The second kappa shape index (κ2) is 7.19. The van der Waals surface area contributed by atoms with E-state index in [0.29, 0.717) is 43.9 Å². The molecular formula is C19H23N3O4. The zero-order valence-electron chi connectivity index (χ0n) is 14.6. The molecule has 138 valence electrons. The number of aromatic amines is 1. The normalized spacial score (nSPS) is 24.7. The number of ether oxygens (including phenoxy) is 1. The quantitative estimate of drug-likeness (QED) is 0.814. The molecule has 0 radical (unpaired) electrons. The van der Waals surface area contributed by atoms with Crippen LogP contribution in [0.5, 0.6) is 0 Å². The standard InChI is InChI=1S/C19H23N3O4/c23-17-12-26-11-16(17)21-6-3-7-22(9-8-21)19(25)14-10-18(24)20-15-5-2-1-4-13(14)15/h1-2,4-5,10,16-17,23H,3,6-9,11-12H2,(H,20,24)/t16-,17-/m1/s1. The van der Waals surface area contributed by atoms with Gasteiger partial charge in [0.1, 0.15) is 0 Å². The van der Waals surface area contributed by atoms with Crippen LogP contribution in [0.4, 0.5) is 0 Å². The Morgan fingerprint density at radius 1 is 1.15 bits per heavy atom. The summed E-state index contributed by atoms with van der Waals surface area (Å²) in [7, 11) is 0. The first-order valence-corrected chi connectivity index (χ1v) is 9.05. The average molecular weight is 357 g/mol. The van der Waals surface area contributed by atoms with Gasteiger partial charge in [-0.2, -0.15) is 0 Å². The van der Waals surface area contributed by atoms with Crippen LogP contribution in [0.3, 0.4) is 0 Å². The van der Waals surface area contributed by atoms with E-state index >= 15 is 0 Å². The predicted octanol–water partition coefficient (Wildman–Crippen LogP) is 0.436. The number of H-pyrrole nitrogens is 1. The Bertz CT molecular complexity index is 865. The molecule has 1 aromatic heterocycles. The SMILES string of the molecule is O=C(c1cc(=O)[nH]c2ccccc12)N1CCCN([C@@H]2COC[C@H]2O)CC1. The highest BCUT2D eigenvalue weighted by Gasteiger charge is 2.33. The van der Waals surface area contributed by atoms with Gasteiger partial charge in [0.25, 0.3) is 5.91 Å². The minimum atomic E-state index is -0.464. The maximum atomic E-state index is 13.1. The summed E-state index contributed by atoms with van der Waals surface area (Å²) in [4.78, 5) is 31.8. The molecule has 2 saturated heterocycles. The van der Waals surface area contributed by atoms with E-state index in [-0.39, 0.29) is 17.5 Å². The van der Waals surface area contributed by atoms with Gasteiger partial charge in [0.15, 0.2) is 0 Å². The maximum absolute atomic E-state index is 13.1. The van der Waals surface area contributed by atoms with Gasteiger partial charge in [-0.3, -0.25) is 14.5 Å². The van der Waals surface area contributed by atoms with Crippen LogP contribution in [-0.4, -0.2) is 77.3 Å². The second-order valence-electron chi connectivity index (χ2n) is 6.95. The van der Waals surface area contributed by atoms with Crippen LogP contribution in [0.15, 0.2) is 35.1 Å². The Hall–Kier alpha value is -2.22. The van der Waals surface area contributed by atoms with Crippen molar-refractivity contribution in [1.82, 2.24) is 14.8 Å². The van der Waals surface area contributed by atoms with Crippen molar-refractivity contribution in [3.8, 4) is 0 Å². The summed E-state index contributed by atoms with van der Waals surface area (Å²) in [6, 6.07) is 8.76. The zero-order valence-corrected chi connectivity index (χ0v) is 14.6. The first-order valence-electron chi connectivity index (χ1n) is 9.05. The van der Waals surface area contributed by atoms with Gasteiger partial charge in [-0.1, -0.05) is 18.2 Å². The number of benzene rings is 1. The molecule has 26 heavy (non-hydrogen) atoms. The maximum Gasteiger partial charge on any atom is 0.254 e. The van der Waals surface area contributed by atoms with Crippen LogP contribution in [0.25, 0.3) is 10.9 Å². The lowest BCUT2D eigenvalue weighted by Gasteiger charge is -2.28. The van der Waals surface area contributed by atoms with Crippen LogP contribution in [0.2, 0.25) is 0 Å². The van der Waals surface area contributed by atoms with Crippen LogP contribution < -0.4 is 5.56 Å². The predicted molar refractivity (Wildman–Crippen MR) is 97.3 cm³/mol. The van der Waals surface area contributed by atoms with Gasteiger partial charge in [-0.05, 0) is 12.5 Å². The van der Waals surface area contributed by atoms with E-state index in [2.05, 4.69) is 9.88 Å². The number of amides is 1. The molecule has 7 heteroatoms. The van der Waals surface area contributed by atoms with Gasteiger partial charge in [0.05, 0.1) is 30.9 Å². The molecule has 0 aliphatic carbocycles. The van der Waals surface area contributed by atoms with E-state index in [4.69, 9.17) is 4.74 Å². The van der Waals surface area contributed by atoms with Crippen molar-refractivity contribution in [2.24, 2.45) is 0 Å². The largest absolute Gasteiger partial charge is 0.389 e. The first kappa shape index (κ1) is 17.2. The van der Waals surface area contributed by atoms with Gasteiger partial charge in [-0.15, -0.1) is 0 Å². The van der Waals surface area contributed by atoms with Gasteiger partial charge >= 0.3 is 0 Å². The van der Waals surface area contributed by atoms with Crippen LogP contribution in [-0.2, 0) is 4.74 Å². The number of aliphatic hydroxyl groups excluding tert-OH is 1. The number of nitrogens with one attached hydrogen (secondary N) is 1. The van der Waals surface area contributed by atoms with Crippen molar-refractivity contribution in [2.45, 2.75) is 18.6 Å². The Balaban J connectivity index is 1.55. The van der Waals surface area contributed by atoms with Crippen molar-refractivity contribution in [2.75, 3.05) is 39.4 Å². The summed E-state index contributed by atoms with van der Waals surface area (Å²) in [6.45, 7) is 3.64. The molecule has 2 fully saturated rings. The smallest absolute Gasteiger partial charge is 0.254 e. The summed E-state index contributed by atoms with van der Waals surface area (Å²) >= 11 is 0. The molecule has 0 unspecified atom stereocenters. The highest BCUT2D eigenvalue weighted by atomic mass is 16.5. The van der Waals surface area contributed by atoms with E-state index < -0.39 is 6.10 Å². The molecule has 0 bridgehead atoms. The topological polar surface area (TPSA) is 85.9 Å². The number of fused-ring (bicyclic) bond motifs is 1. The number of nitrogens with zero attached hydrogens (tertiary/aromatic N) is 2. The third kappa shape index (κ3) is 3.25. The monoisotopic (exact) mass is 357 g/mol. The molecule has 2 N–H and O–H groups in total. The molecule has 3 heterocycles. The molecule has 0 saturated carbocycles. The number of aromatic nitrogens is 1. The third-order valence-electron chi connectivity index (χ3n) is 5.29. The van der Waals surface area contributed by atoms with Crippen molar-refractivity contribution in [1.29, 1.82) is 0 Å². The molecule has 1 aromatic carbocycles.